The molecule has 0 bridgehead atoms. The highest BCUT2D eigenvalue weighted by atomic mass is 16.2. The van der Waals surface area contributed by atoms with Gasteiger partial charge in [0.25, 0.3) is 5.91 Å². The van der Waals surface area contributed by atoms with E-state index in [9.17, 15) is 4.79 Å². The van der Waals surface area contributed by atoms with Gasteiger partial charge in [0.2, 0.25) is 0 Å². The highest BCUT2D eigenvalue weighted by molar-refractivity contribution is 5.96. The SMILES string of the molecule is Cn1[nH]cc1CN1CCN(C(=O)C2=CNCC=C2)Cc2cc(-c3ccccc3)ccc21. The van der Waals surface area contributed by atoms with Gasteiger partial charge in [-0.05, 0) is 28.8 Å². The molecule has 0 spiro atoms. The Labute approximate surface area is 182 Å². The number of amides is 1. The normalized spacial score (nSPS) is 15.8. The lowest BCUT2D eigenvalue weighted by molar-refractivity contribution is -0.127. The number of H-pyrrole nitrogens is 1. The number of carbonyl (C=O) groups excluding carboxylic acids is 1. The Morgan fingerprint density at radius 1 is 1.06 bits per heavy atom. The zero-order chi connectivity index (χ0) is 21.2. The largest absolute Gasteiger partial charge is 0.387 e. The van der Waals surface area contributed by atoms with E-state index in [-0.39, 0.29) is 5.91 Å². The molecule has 5 rings (SSSR count). The molecule has 2 aromatic carbocycles. The zero-order valence-corrected chi connectivity index (χ0v) is 17.7. The number of aryl methyl sites for hydroxylation is 1. The molecule has 6 heteroatoms. The van der Waals surface area contributed by atoms with Crippen molar-refractivity contribution in [1.29, 1.82) is 0 Å². The summed E-state index contributed by atoms with van der Waals surface area (Å²) in [5.74, 6) is 0.0722. The Morgan fingerprint density at radius 3 is 2.65 bits per heavy atom. The van der Waals surface area contributed by atoms with E-state index in [1.54, 1.807) is 0 Å². The maximum atomic E-state index is 13.2. The fourth-order valence-corrected chi connectivity index (χ4v) is 4.23. The summed E-state index contributed by atoms with van der Waals surface area (Å²) in [5, 5.41) is 6.29. The average Bonchev–Trinajstić information content (AvgIpc) is 3.01. The van der Waals surface area contributed by atoms with Crippen molar-refractivity contribution in [2.75, 3.05) is 24.5 Å². The third-order valence-corrected chi connectivity index (χ3v) is 6.06. The van der Waals surface area contributed by atoms with Crippen LogP contribution in [0.1, 0.15) is 11.3 Å². The number of carbonyl (C=O) groups is 1. The van der Waals surface area contributed by atoms with Crippen LogP contribution < -0.4 is 10.2 Å². The third-order valence-electron chi connectivity index (χ3n) is 6.06. The molecule has 31 heavy (non-hydrogen) atoms. The van der Waals surface area contributed by atoms with Crippen molar-refractivity contribution in [2.24, 2.45) is 7.05 Å². The lowest BCUT2D eigenvalue weighted by atomic mass is 10.0. The molecular weight excluding hydrogens is 386 g/mol. The second kappa shape index (κ2) is 8.22. The minimum Gasteiger partial charge on any atom is -0.387 e. The van der Waals surface area contributed by atoms with Crippen LogP contribution in [0.2, 0.25) is 0 Å². The molecule has 3 heterocycles. The fourth-order valence-electron chi connectivity index (χ4n) is 4.23. The molecule has 2 N–H and O–H groups in total. The van der Waals surface area contributed by atoms with Crippen LogP contribution in [0.5, 0.6) is 0 Å². The van der Waals surface area contributed by atoms with Crippen LogP contribution in [-0.4, -0.2) is 40.2 Å². The van der Waals surface area contributed by atoms with Gasteiger partial charge in [-0.3, -0.25) is 9.48 Å². The van der Waals surface area contributed by atoms with Crippen molar-refractivity contribution in [2.45, 2.75) is 13.1 Å². The van der Waals surface area contributed by atoms with E-state index in [1.165, 1.54) is 28.1 Å². The molecule has 0 saturated heterocycles. The smallest absolute Gasteiger partial charge is 0.255 e. The first-order valence-electron chi connectivity index (χ1n) is 10.7. The van der Waals surface area contributed by atoms with Gasteiger partial charge in [0, 0.05) is 51.3 Å². The van der Waals surface area contributed by atoms with Crippen LogP contribution in [0.3, 0.4) is 0 Å². The standard InChI is InChI=1S/C25H27N5O/c1-28-23(16-27-28)18-29-12-13-30(25(31)21-8-5-11-26-15-21)17-22-14-20(9-10-24(22)29)19-6-3-2-4-7-19/h2-10,14-16,26-27H,11-13,17-18H2,1H3. The maximum Gasteiger partial charge on any atom is 0.255 e. The molecule has 0 atom stereocenters. The number of nitrogens with one attached hydrogen (secondary N) is 2. The van der Waals surface area contributed by atoms with Gasteiger partial charge < -0.3 is 20.2 Å². The predicted molar refractivity (Wildman–Crippen MR) is 123 cm³/mol. The van der Waals surface area contributed by atoms with E-state index in [2.05, 4.69) is 57.8 Å². The van der Waals surface area contributed by atoms with Crippen molar-refractivity contribution < 1.29 is 4.79 Å². The molecule has 2 aliphatic rings. The molecule has 3 aromatic rings. The zero-order valence-electron chi connectivity index (χ0n) is 17.7. The van der Waals surface area contributed by atoms with Crippen LogP contribution in [0.4, 0.5) is 5.69 Å². The monoisotopic (exact) mass is 413 g/mol. The van der Waals surface area contributed by atoms with Crippen molar-refractivity contribution in [3.8, 4) is 11.1 Å². The summed E-state index contributed by atoms with van der Waals surface area (Å²) in [4.78, 5) is 17.6. The lowest BCUT2D eigenvalue weighted by Gasteiger charge is -2.27. The summed E-state index contributed by atoms with van der Waals surface area (Å²) in [5.41, 5.74) is 6.69. The summed E-state index contributed by atoms with van der Waals surface area (Å²) >= 11 is 0. The van der Waals surface area contributed by atoms with Crippen LogP contribution >= 0.6 is 0 Å². The number of aromatic amines is 1. The Morgan fingerprint density at radius 2 is 1.94 bits per heavy atom. The number of fused-ring (bicyclic) bond motifs is 1. The van der Waals surface area contributed by atoms with Gasteiger partial charge in [0.05, 0.1) is 17.8 Å². The second-order valence-corrected chi connectivity index (χ2v) is 8.09. The van der Waals surface area contributed by atoms with Gasteiger partial charge in [-0.25, -0.2) is 0 Å². The van der Waals surface area contributed by atoms with Crippen LogP contribution in [0.25, 0.3) is 11.1 Å². The Kier molecular flexibility index (Phi) is 5.12. The summed E-state index contributed by atoms with van der Waals surface area (Å²) in [6.45, 7) is 3.66. The number of rotatable bonds is 4. The van der Waals surface area contributed by atoms with Gasteiger partial charge in [-0.1, -0.05) is 48.6 Å². The highest BCUT2D eigenvalue weighted by Gasteiger charge is 2.25. The minimum atomic E-state index is 0.0722. The quantitative estimate of drug-likeness (QED) is 0.689. The van der Waals surface area contributed by atoms with Crippen molar-refractivity contribution in [1.82, 2.24) is 20.0 Å². The average molecular weight is 414 g/mol. The Balaban J connectivity index is 1.49. The van der Waals surface area contributed by atoms with Crippen LogP contribution in [-0.2, 0) is 24.9 Å². The number of nitrogens with zero attached hydrogens (tertiary/aromatic N) is 3. The summed E-state index contributed by atoms with van der Waals surface area (Å²) in [7, 11) is 2.03. The first-order chi connectivity index (χ1) is 15.2. The molecule has 0 unspecified atom stereocenters. The van der Waals surface area contributed by atoms with Gasteiger partial charge in [-0.2, -0.15) is 0 Å². The van der Waals surface area contributed by atoms with E-state index < -0.39 is 0 Å². The van der Waals surface area contributed by atoms with Gasteiger partial charge >= 0.3 is 0 Å². The molecule has 1 amide bonds. The predicted octanol–water partition coefficient (Wildman–Crippen LogP) is 3.41. The number of benzene rings is 2. The number of aromatic nitrogens is 2. The molecule has 0 fully saturated rings. The molecule has 2 aliphatic heterocycles. The summed E-state index contributed by atoms with van der Waals surface area (Å²) in [6.07, 6.45) is 7.77. The third kappa shape index (κ3) is 3.89. The van der Waals surface area contributed by atoms with Crippen molar-refractivity contribution in [3.05, 3.63) is 89.9 Å². The molecule has 158 valence electrons. The first kappa shape index (κ1) is 19.3. The van der Waals surface area contributed by atoms with E-state index in [4.69, 9.17) is 0 Å². The van der Waals surface area contributed by atoms with Crippen LogP contribution in [0.15, 0.2) is 78.7 Å². The summed E-state index contributed by atoms with van der Waals surface area (Å²) in [6, 6.07) is 17.0. The van der Waals surface area contributed by atoms with E-state index in [0.717, 1.165) is 19.6 Å². The number of dihydropyridines is 1. The lowest BCUT2D eigenvalue weighted by Crippen LogP contribution is -2.37. The van der Waals surface area contributed by atoms with Gasteiger partial charge in [0.15, 0.2) is 0 Å². The van der Waals surface area contributed by atoms with E-state index in [1.807, 2.05) is 47.2 Å². The van der Waals surface area contributed by atoms with Crippen LogP contribution in [0, 0.1) is 0 Å². The Bertz CT molecular complexity index is 1140. The molecule has 0 radical (unpaired) electrons. The topological polar surface area (TPSA) is 56.3 Å². The minimum absolute atomic E-state index is 0.0722. The van der Waals surface area contributed by atoms with Gasteiger partial charge in [0.1, 0.15) is 0 Å². The van der Waals surface area contributed by atoms with Gasteiger partial charge in [-0.15, -0.1) is 0 Å². The van der Waals surface area contributed by atoms with E-state index >= 15 is 0 Å². The highest BCUT2D eigenvalue weighted by Crippen LogP contribution is 2.32. The fraction of sp³-hybridized carbons (Fsp3) is 0.240. The van der Waals surface area contributed by atoms with Crippen molar-refractivity contribution >= 4 is 11.6 Å². The molecule has 0 saturated carbocycles. The molecular formula is C25H27N5O. The molecule has 1 aromatic heterocycles. The maximum absolute atomic E-state index is 13.2. The Hall–Kier alpha value is -3.67. The number of hydrogen-bond acceptors (Lipinski definition) is 3. The molecule has 0 aliphatic carbocycles. The number of hydrogen-bond donors (Lipinski definition) is 2. The summed E-state index contributed by atoms with van der Waals surface area (Å²) < 4.78 is 2.04. The first-order valence-corrected chi connectivity index (χ1v) is 10.7. The second-order valence-electron chi connectivity index (χ2n) is 8.09. The van der Waals surface area contributed by atoms with Crippen molar-refractivity contribution in [3.63, 3.8) is 0 Å². The van der Waals surface area contributed by atoms with E-state index in [0.29, 0.717) is 18.7 Å². The molecule has 6 nitrogen and oxygen atoms in total. The number of anilines is 1.